The molecule has 0 bridgehead atoms. The van der Waals surface area contributed by atoms with Gasteiger partial charge in [-0.2, -0.15) is 0 Å². The molecule has 0 spiro atoms. The molecule has 0 radical (unpaired) electrons. The zero-order valence-corrected chi connectivity index (χ0v) is 7.18. The third kappa shape index (κ3) is 1.71. The van der Waals surface area contributed by atoms with E-state index in [2.05, 4.69) is 5.32 Å². The maximum atomic E-state index is 11.2. The number of piperidine rings is 1. The van der Waals surface area contributed by atoms with Gasteiger partial charge in [0.2, 0.25) is 5.91 Å². The Labute approximate surface area is 67.3 Å². The van der Waals surface area contributed by atoms with E-state index in [0.717, 1.165) is 13.0 Å². The van der Waals surface area contributed by atoms with E-state index >= 15 is 0 Å². The molecule has 1 amide bonds. The first-order valence-corrected chi connectivity index (χ1v) is 4.04. The summed E-state index contributed by atoms with van der Waals surface area (Å²) < 4.78 is 0. The molecule has 1 heterocycles. The molecule has 1 aliphatic rings. The monoisotopic (exact) mass is 156 g/mol. The zero-order chi connectivity index (χ0) is 8.48. The summed E-state index contributed by atoms with van der Waals surface area (Å²) in [5, 5.41) is 2.85. The minimum atomic E-state index is -0.220. The molecule has 1 unspecified atom stereocenters. The van der Waals surface area contributed by atoms with E-state index in [1.165, 1.54) is 0 Å². The normalized spacial score (nSPS) is 29.7. The Morgan fingerprint density at radius 1 is 1.73 bits per heavy atom. The van der Waals surface area contributed by atoms with Gasteiger partial charge >= 0.3 is 0 Å². The highest BCUT2D eigenvalue weighted by Gasteiger charge is 2.34. The number of nitrogens with two attached hydrogens (primary N) is 1. The summed E-state index contributed by atoms with van der Waals surface area (Å²) >= 11 is 0. The number of carbonyl (C=O) groups excluding carboxylic acids is 1. The van der Waals surface area contributed by atoms with Crippen molar-refractivity contribution in [3.05, 3.63) is 0 Å². The van der Waals surface area contributed by atoms with E-state index in [0.29, 0.717) is 12.5 Å². The van der Waals surface area contributed by atoms with Crippen LogP contribution >= 0.6 is 0 Å². The Kier molecular flexibility index (Phi) is 2.18. The lowest BCUT2D eigenvalue weighted by Gasteiger charge is -2.33. The maximum absolute atomic E-state index is 11.2. The number of nitrogens with one attached hydrogen (secondary N) is 1. The van der Waals surface area contributed by atoms with E-state index in [4.69, 9.17) is 5.73 Å². The smallest absolute Gasteiger partial charge is 0.225 e. The van der Waals surface area contributed by atoms with Crippen LogP contribution in [0.15, 0.2) is 0 Å². The second-order valence-corrected chi connectivity index (χ2v) is 3.90. The van der Waals surface area contributed by atoms with Gasteiger partial charge in [-0.15, -0.1) is 0 Å². The quantitative estimate of drug-likeness (QED) is 0.566. The summed E-state index contributed by atoms with van der Waals surface area (Å²) in [5.41, 5.74) is 5.30. The van der Waals surface area contributed by atoms with E-state index in [-0.39, 0.29) is 11.3 Å². The van der Waals surface area contributed by atoms with Crippen molar-refractivity contribution < 1.29 is 4.79 Å². The highest BCUT2D eigenvalue weighted by atomic mass is 16.2. The lowest BCUT2D eigenvalue weighted by molar-refractivity contribution is -0.132. The molecule has 0 aromatic carbocycles. The predicted molar refractivity (Wildman–Crippen MR) is 44.0 cm³/mol. The molecule has 64 valence electrons. The average molecular weight is 156 g/mol. The van der Waals surface area contributed by atoms with Crippen molar-refractivity contribution in [2.45, 2.75) is 20.3 Å². The minimum Gasteiger partial charge on any atom is -0.355 e. The molecule has 1 atom stereocenters. The van der Waals surface area contributed by atoms with E-state index in [1.54, 1.807) is 0 Å². The number of rotatable bonds is 1. The number of hydrogen-bond acceptors (Lipinski definition) is 2. The van der Waals surface area contributed by atoms with E-state index < -0.39 is 0 Å². The minimum absolute atomic E-state index is 0.155. The van der Waals surface area contributed by atoms with Crippen molar-refractivity contribution in [1.29, 1.82) is 0 Å². The van der Waals surface area contributed by atoms with Crippen LogP contribution in [-0.4, -0.2) is 19.0 Å². The molecule has 0 aromatic rings. The van der Waals surface area contributed by atoms with Crippen molar-refractivity contribution in [3.8, 4) is 0 Å². The van der Waals surface area contributed by atoms with Gasteiger partial charge in [0.05, 0.1) is 0 Å². The lowest BCUT2D eigenvalue weighted by atomic mass is 9.79. The lowest BCUT2D eigenvalue weighted by Crippen LogP contribution is -2.48. The summed E-state index contributed by atoms with van der Waals surface area (Å²) in [4.78, 5) is 11.2. The number of hydrogen-bond donors (Lipinski definition) is 2. The van der Waals surface area contributed by atoms with Gasteiger partial charge in [-0.1, -0.05) is 13.8 Å². The second-order valence-electron chi connectivity index (χ2n) is 3.90. The fourth-order valence-electron chi connectivity index (χ4n) is 1.53. The summed E-state index contributed by atoms with van der Waals surface area (Å²) in [6, 6.07) is 0. The summed E-state index contributed by atoms with van der Waals surface area (Å²) in [6.07, 6.45) is 0.912. The Hall–Kier alpha value is -0.570. The first-order valence-electron chi connectivity index (χ1n) is 4.04. The Morgan fingerprint density at radius 2 is 2.36 bits per heavy atom. The van der Waals surface area contributed by atoms with Crippen molar-refractivity contribution in [3.63, 3.8) is 0 Å². The Morgan fingerprint density at radius 3 is 2.82 bits per heavy atom. The number of carbonyl (C=O) groups is 1. The van der Waals surface area contributed by atoms with Crippen LogP contribution in [0.5, 0.6) is 0 Å². The zero-order valence-electron chi connectivity index (χ0n) is 7.18. The third-order valence-corrected chi connectivity index (χ3v) is 2.30. The van der Waals surface area contributed by atoms with Crippen LogP contribution in [0.3, 0.4) is 0 Å². The van der Waals surface area contributed by atoms with Crippen LogP contribution < -0.4 is 11.1 Å². The molecule has 11 heavy (non-hydrogen) atoms. The van der Waals surface area contributed by atoms with Crippen LogP contribution in [0, 0.1) is 11.3 Å². The molecular weight excluding hydrogens is 140 g/mol. The molecule has 0 aliphatic carbocycles. The van der Waals surface area contributed by atoms with Crippen LogP contribution in [0.2, 0.25) is 0 Å². The first kappa shape index (κ1) is 8.53. The summed E-state index contributed by atoms with van der Waals surface area (Å²) in [6.45, 7) is 5.34. The van der Waals surface area contributed by atoms with Gasteiger partial charge < -0.3 is 11.1 Å². The molecule has 1 fully saturated rings. The van der Waals surface area contributed by atoms with Crippen LogP contribution in [-0.2, 0) is 4.79 Å². The second kappa shape index (κ2) is 2.81. The molecule has 1 rings (SSSR count). The van der Waals surface area contributed by atoms with Gasteiger partial charge in [0.25, 0.3) is 0 Å². The van der Waals surface area contributed by atoms with Crippen LogP contribution in [0.4, 0.5) is 0 Å². The van der Waals surface area contributed by atoms with Crippen molar-refractivity contribution >= 4 is 5.91 Å². The average Bonchev–Trinajstić information content (AvgIpc) is 1.95. The van der Waals surface area contributed by atoms with Gasteiger partial charge in [-0.3, -0.25) is 4.79 Å². The predicted octanol–water partition coefficient (Wildman–Crippen LogP) is 0.107. The summed E-state index contributed by atoms with van der Waals surface area (Å²) in [7, 11) is 0. The van der Waals surface area contributed by atoms with Crippen LogP contribution in [0.1, 0.15) is 20.3 Å². The molecular formula is C8H16N2O. The maximum Gasteiger partial charge on any atom is 0.225 e. The van der Waals surface area contributed by atoms with E-state index in [1.807, 2.05) is 13.8 Å². The molecule has 0 aromatic heterocycles. The molecule has 0 saturated carbocycles. The van der Waals surface area contributed by atoms with Gasteiger partial charge in [-0.05, 0) is 18.9 Å². The summed E-state index contributed by atoms with van der Waals surface area (Å²) in [5.74, 6) is 0.616. The molecule has 1 aliphatic heterocycles. The first-order chi connectivity index (χ1) is 5.06. The van der Waals surface area contributed by atoms with Crippen molar-refractivity contribution in [2.75, 3.05) is 13.1 Å². The molecule has 3 nitrogen and oxygen atoms in total. The molecule has 3 N–H and O–H groups in total. The van der Waals surface area contributed by atoms with Gasteiger partial charge in [0, 0.05) is 12.0 Å². The van der Waals surface area contributed by atoms with Crippen molar-refractivity contribution in [1.82, 2.24) is 5.32 Å². The van der Waals surface area contributed by atoms with Gasteiger partial charge in [-0.25, -0.2) is 0 Å². The number of amides is 1. The van der Waals surface area contributed by atoms with Gasteiger partial charge in [0.15, 0.2) is 0 Å². The largest absolute Gasteiger partial charge is 0.355 e. The highest BCUT2D eigenvalue weighted by molar-refractivity contribution is 5.82. The van der Waals surface area contributed by atoms with Crippen LogP contribution in [0.25, 0.3) is 0 Å². The molecule has 3 heteroatoms. The fraction of sp³-hybridized carbons (Fsp3) is 0.875. The van der Waals surface area contributed by atoms with E-state index in [9.17, 15) is 4.79 Å². The highest BCUT2D eigenvalue weighted by Crippen LogP contribution is 2.28. The standard InChI is InChI=1S/C8H16N2O/c1-8(2)3-6(4-9)5-10-7(8)11/h6H,3-5,9H2,1-2H3,(H,10,11). The van der Waals surface area contributed by atoms with Gasteiger partial charge in [0.1, 0.15) is 0 Å². The van der Waals surface area contributed by atoms with Crippen molar-refractivity contribution in [2.24, 2.45) is 17.1 Å². The SMILES string of the molecule is CC1(C)CC(CN)CNC1=O. The third-order valence-electron chi connectivity index (χ3n) is 2.30. The topological polar surface area (TPSA) is 55.1 Å². The Balaban J connectivity index is 2.59. The Bertz CT molecular complexity index is 165. The fourth-order valence-corrected chi connectivity index (χ4v) is 1.53. The molecule has 1 saturated heterocycles.